The van der Waals surface area contributed by atoms with Crippen LogP contribution in [-0.4, -0.2) is 46.7 Å². The predicted octanol–water partition coefficient (Wildman–Crippen LogP) is 6.23. The molecule has 36 heavy (non-hydrogen) atoms. The van der Waals surface area contributed by atoms with Crippen LogP contribution in [-0.2, 0) is 16.1 Å². The molecule has 1 aliphatic heterocycles. The lowest BCUT2D eigenvalue weighted by molar-refractivity contribution is -0.152. The number of ketones is 1. The molecule has 194 valence electrons. The summed E-state index contributed by atoms with van der Waals surface area (Å²) in [6.07, 6.45) is 4.07. The molecule has 0 aromatic heterocycles. The summed E-state index contributed by atoms with van der Waals surface area (Å²) in [4.78, 5) is 28.9. The molecule has 1 heterocycles. The van der Waals surface area contributed by atoms with Crippen LogP contribution in [0.3, 0.4) is 0 Å². The Morgan fingerprint density at radius 2 is 1.78 bits per heavy atom. The van der Waals surface area contributed by atoms with Crippen LogP contribution in [0.5, 0.6) is 5.75 Å². The summed E-state index contributed by atoms with van der Waals surface area (Å²) < 4.78 is 5.93. The Hall–Kier alpha value is -2.57. The second kappa shape index (κ2) is 11.7. The minimum absolute atomic E-state index is 0.0579. The molecule has 5 nitrogen and oxygen atoms in total. The minimum Gasteiger partial charge on any atom is -0.478 e. The fourth-order valence-corrected chi connectivity index (χ4v) is 5.85. The molecule has 3 rings (SSSR count). The second-order valence-corrected chi connectivity index (χ2v) is 11.2. The number of ether oxygens (including phenoxy) is 1. The highest BCUT2D eigenvalue weighted by atomic mass is 32.2. The molecule has 1 fully saturated rings. The van der Waals surface area contributed by atoms with Gasteiger partial charge in [0.1, 0.15) is 11.5 Å². The van der Waals surface area contributed by atoms with Crippen LogP contribution in [0.25, 0.3) is 0 Å². The summed E-state index contributed by atoms with van der Waals surface area (Å²) in [6.45, 7) is 13.3. The number of rotatable bonds is 10. The molecule has 0 amide bonds. The molecule has 0 aliphatic carbocycles. The average Bonchev–Trinajstić information content (AvgIpc) is 3.25. The molecule has 2 aromatic carbocycles. The van der Waals surface area contributed by atoms with Gasteiger partial charge >= 0.3 is 5.97 Å². The van der Waals surface area contributed by atoms with Gasteiger partial charge < -0.3 is 9.84 Å². The highest BCUT2D eigenvalue weighted by Gasteiger charge is 2.41. The van der Waals surface area contributed by atoms with Gasteiger partial charge in [-0.25, -0.2) is 4.79 Å². The first kappa shape index (κ1) is 28.0. The number of Topliss-reactive ketones (excluding diaryl/α,β-unsaturated/α-hetero) is 1. The van der Waals surface area contributed by atoms with Crippen molar-refractivity contribution < 1.29 is 19.4 Å². The number of carboxylic acids is 1. The van der Waals surface area contributed by atoms with Gasteiger partial charge in [0.2, 0.25) is 0 Å². The number of allylic oxidation sites excluding steroid dienone is 2. The summed E-state index contributed by atoms with van der Waals surface area (Å²) in [6, 6.07) is 14.5. The van der Waals surface area contributed by atoms with Crippen molar-refractivity contribution in [1.29, 1.82) is 0 Å². The van der Waals surface area contributed by atoms with Crippen LogP contribution in [0, 0.1) is 25.7 Å². The van der Waals surface area contributed by atoms with Gasteiger partial charge in [-0.05, 0) is 68.0 Å². The van der Waals surface area contributed by atoms with Crippen LogP contribution >= 0.6 is 11.8 Å². The van der Waals surface area contributed by atoms with Gasteiger partial charge in [-0.1, -0.05) is 55.5 Å². The molecule has 0 saturated carbocycles. The normalized spacial score (nSPS) is 19.8. The number of carboxylic acid groups (broad SMARTS) is 1. The van der Waals surface area contributed by atoms with Gasteiger partial charge in [0.15, 0.2) is 5.60 Å². The fraction of sp³-hybridized carbons (Fsp3) is 0.467. The SMILES string of the molecule is C/C=C(\SC)C(C)C(=O)C1CN(Cc2ccccc2)C[C@@H]1c1cc(C)c(OC(C)(C)C(=O)O)c(C)c1. The first-order valence-electron chi connectivity index (χ1n) is 12.5. The summed E-state index contributed by atoms with van der Waals surface area (Å²) >= 11 is 1.64. The van der Waals surface area contributed by atoms with Gasteiger partial charge in [-0.15, -0.1) is 11.8 Å². The van der Waals surface area contributed by atoms with Crippen LogP contribution in [0.4, 0.5) is 0 Å². The Balaban J connectivity index is 1.95. The van der Waals surface area contributed by atoms with Crippen LogP contribution in [0.2, 0.25) is 0 Å². The third-order valence-electron chi connectivity index (χ3n) is 7.17. The smallest absolute Gasteiger partial charge is 0.347 e. The summed E-state index contributed by atoms with van der Waals surface area (Å²) in [7, 11) is 0. The monoisotopic (exact) mass is 509 g/mol. The molecule has 2 aromatic rings. The van der Waals surface area contributed by atoms with E-state index in [1.165, 1.54) is 5.56 Å². The van der Waals surface area contributed by atoms with Crippen LogP contribution in [0.15, 0.2) is 53.4 Å². The zero-order valence-corrected chi connectivity index (χ0v) is 23.3. The number of aryl methyl sites for hydroxylation is 2. The average molecular weight is 510 g/mol. The first-order chi connectivity index (χ1) is 17.0. The lowest BCUT2D eigenvalue weighted by Crippen LogP contribution is -2.38. The predicted molar refractivity (Wildman–Crippen MR) is 148 cm³/mol. The van der Waals surface area contributed by atoms with Crippen molar-refractivity contribution in [3.8, 4) is 5.75 Å². The van der Waals surface area contributed by atoms with Crippen molar-refractivity contribution in [1.82, 2.24) is 4.90 Å². The Morgan fingerprint density at radius 3 is 2.31 bits per heavy atom. The van der Waals surface area contributed by atoms with Crippen LogP contribution < -0.4 is 4.74 Å². The van der Waals surface area contributed by atoms with E-state index in [2.05, 4.69) is 41.3 Å². The number of aliphatic carboxylic acids is 1. The molecule has 6 heteroatoms. The van der Waals surface area contributed by atoms with Gasteiger partial charge in [0.25, 0.3) is 0 Å². The molecular weight excluding hydrogens is 470 g/mol. The number of carbonyl (C=O) groups is 2. The topological polar surface area (TPSA) is 66.8 Å². The van der Waals surface area contributed by atoms with Crippen molar-refractivity contribution >= 4 is 23.5 Å². The van der Waals surface area contributed by atoms with E-state index in [0.717, 1.165) is 41.2 Å². The number of likely N-dealkylation sites (tertiary alicyclic amines) is 1. The minimum atomic E-state index is -1.33. The molecule has 1 N–H and O–H groups in total. The fourth-order valence-electron chi connectivity index (χ4n) is 5.15. The number of nitrogens with zero attached hydrogens (tertiary/aromatic N) is 1. The van der Waals surface area contributed by atoms with Crippen molar-refractivity contribution in [2.45, 2.75) is 59.6 Å². The molecule has 0 bridgehead atoms. The van der Waals surface area contributed by atoms with E-state index in [1.807, 2.05) is 46.1 Å². The first-order valence-corrected chi connectivity index (χ1v) is 13.7. The van der Waals surface area contributed by atoms with Gasteiger partial charge in [0, 0.05) is 37.4 Å². The van der Waals surface area contributed by atoms with E-state index in [4.69, 9.17) is 4.74 Å². The molecule has 1 aliphatic rings. The van der Waals surface area contributed by atoms with Gasteiger partial charge in [0.05, 0.1) is 0 Å². The summed E-state index contributed by atoms with van der Waals surface area (Å²) in [5.41, 5.74) is 2.79. The van der Waals surface area contributed by atoms with Crippen LogP contribution in [0.1, 0.15) is 55.9 Å². The van der Waals surface area contributed by atoms with Crippen molar-refractivity contribution in [2.75, 3.05) is 19.3 Å². The lowest BCUT2D eigenvalue weighted by Gasteiger charge is -2.26. The van der Waals surface area contributed by atoms with Crippen molar-refractivity contribution in [3.63, 3.8) is 0 Å². The molecule has 3 atom stereocenters. The standard InChI is InChI=1S/C30H39NO4S/c1-8-26(36-7)21(4)27(32)25-18-31(16-22-12-10-9-11-13-22)17-24(25)23-14-19(2)28(20(3)15-23)35-30(5,6)29(33)34/h8-15,21,24-25H,16-18H2,1-7H3,(H,33,34)/b26-8-/t21?,24-,25?/m1/s1. The number of thioether (sulfide) groups is 1. The third-order valence-corrected chi connectivity index (χ3v) is 8.23. The third kappa shape index (κ3) is 6.22. The molecule has 1 saturated heterocycles. The van der Waals surface area contributed by atoms with E-state index in [0.29, 0.717) is 5.75 Å². The van der Waals surface area contributed by atoms with Gasteiger partial charge in [-0.3, -0.25) is 9.69 Å². The Labute approximate surface area is 219 Å². The quantitative estimate of drug-likeness (QED) is 0.409. The number of hydrogen-bond donors (Lipinski definition) is 1. The maximum Gasteiger partial charge on any atom is 0.347 e. The van der Waals surface area contributed by atoms with E-state index in [9.17, 15) is 14.7 Å². The number of carbonyl (C=O) groups excluding carboxylic acids is 1. The van der Waals surface area contributed by atoms with Crippen molar-refractivity contribution in [2.24, 2.45) is 11.8 Å². The molecular formula is C30H39NO4S. The summed E-state index contributed by atoms with van der Waals surface area (Å²) in [5, 5.41) is 9.52. The molecule has 0 radical (unpaired) electrons. The van der Waals surface area contributed by atoms with E-state index in [1.54, 1.807) is 25.6 Å². The zero-order chi connectivity index (χ0) is 26.6. The van der Waals surface area contributed by atoms with Gasteiger partial charge in [-0.2, -0.15) is 0 Å². The maximum absolute atomic E-state index is 13.8. The van der Waals surface area contributed by atoms with E-state index in [-0.39, 0.29) is 23.5 Å². The summed E-state index contributed by atoms with van der Waals surface area (Å²) in [5.74, 6) is -0.337. The van der Waals surface area contributed by atoms with E-state index >= 15 is 0 Å². The second-order valence-electron chi connectivity index (χ2n) is 10.3. The van der Waals surface area contributed by atoms with Crippen molar-refractivity contribution in [3.05, 3.63) is 75.7 Å². The highest BCUT2D eigenvalue weighted by Crippen LogP contribution is 2.40. The number of benzene rings is 2. The Kier molecular flexibility index (Phi) is 9.07. The Morgan fingerprint density at radius 1 is 1.17 bits per heavy atom. The molecule has 0 spiro atoms. The maximum atomic E-state index is 13.8. The highest BCUT2D eigenvalue weighted by molar-refractivity contribution is 8.02. The molecule has 2 unspecified atom stereocenters. The lowest BCUT2D eigenvalue weighted by atomic mass is 9.81. The zero-order valence-electron chi connectivity index (χ0n) is 22.5. The Bertz CT molecular complexity index is 1100. The number of hydrogen-bond acceptors (Lipinski definition) is 5. The van der Waals surface area contributed by atoms with E-state index < -0.39 is 11.6 Å². The largest absolute Gasteiger partial charge is 0.478 e.